The van der Waals surface area contributed by atoms with Gasteiger partial charge in [0, 0.05) is 48.4 Å². The third kappa shape index (κ3) is 3.62. The second-order valence-electron chi connectivity index (χ2n) is 5.20. The smallest absolute Gasteiger partial charge is 0.0476 e. The second-order valence-corrected chi connectivity index (χ2v) is 5.60. The summed E-state index contributed by atoms with van der Waals surface area (Å²) in [6.07, 6.45) is 2.18. The van der Waals surface area contributed by atoms with E-state index in [4.69, 9.17) is 11.6 Å². The number of anilines is 1. The highest BCUT2D eigenvalue weighted by molar-refractivity contribution is 6.31. The minimum atomic E-state index is 0.278. The summed E-state index contributed by atoms with van der Waals surface area (Å²) in [4.78, 5) is 2.34. The van der Waals surface area contributed by atoms with Gasteiger partial charge in [-0.1, -0.05) is 24.6 Å². The van der Waals surface area contributed by atoms with Gasteiger partial charge in [-0.2, -0.15) is 0 Å². The van der Waals surface area contributed by atoms with Crippen LogP contribution in [0.2, 0.25) is 5.02 Å². The first kappa shape index (κ1) is 14.6. The van der Waals surface area contributed by atoms with Gasteiger partial charge in [0.2, 0.25) is 0 Å². The summed E-state index contributed by atoms with van der Waals surface area (Å²) in [7, 11) is 0. The van der Waals surface area contributed by atoms with E-state index >= 15 is 0 Å². The zero-order chi connectivity index (χ0) is 13.7. The van der Waals surface area contributed by atoms with Crippen LogP contribution in [0.25, 0.3) is 0 Å². The van der Waals surface area contributed by atoms with E-state index < -0.39 is 0 Å². The number of nitrogens with one attached hydrogen (secondary N) is 1. The molecule has 1 aromatic rings. The minimum absolute atomic E-state index is 0.278. The van der Waals surface area contributed by atoms with E-state index in [-0.39, 0.29) is 6.61 Å². The Labute approximate surface area is 120 Å². The van der Waals surface area contributed by atoms with E-state index in [0.29, 0.717) is 5.92 Å². The van der Waals surface area contributed by atoms with Gasteiger partial charge >= 0.3 is 0 Å². The van der Waals surface area contributed by atoms with E-state index in [1.165, 1.54) is 11.3 Å². The predicted octanol–water partition coefficient (Wildman–Crippen LogP) is 2.66. The zero-order valence-corrected chi connectivity index (χ0v) is 12.3. The van der Waals surface area contributed by atoms with Crippen LogP contribution in [0.4, 0.5) is 5.69 Å². The van der Waals surface area contributed by atoms with Crippen molar-refractivity contribution in [1.82, 2.24) is 5.32 Å². The largest absolute Gasteiger partial charge is 0.396 e. The SMILES string of the molecule is CCCNCc1c(Cl)cccc1N1CCC(CO)C1. The van der Waals surface area contributed by atoms with E-state index in [2.05, 4.69) is 23.2 Å². The summed E-state index contributed by atoms with van der Waals surface area (Å²) >= 11 is 6.34. The van der Waals surface area contributed by atoms with Crippen molar-refractivity contribution in [3.8, 4) is 0 Å². The average molecular weight is 283 g/mol. The molecule has 4 heteroatoms. The van der Waals surface area contributed by atoms with Crippen molar-refractivity contribution in [1.29, 1.82) is 0 Å². The quantitative estimate of drug-likeness (QED) is 0.788. The number of nitrogens with zero attached hydrogens (tertiary/aromatic N) is 1. The fourth-order valence-corrected chi connectivity index (χ4v) is 2.85. The van der Waals surface area contributed by atoms with Crippen LogP contribution in [0.5, 0.6) is 0 Å². The van der Waals surface area contributed by atoms with Crippen molar-refractivity contribution in [2.75, 3.05) is 31.1 Å². The average Bonchev–Trinajstić information content (AvgIpc) is 2.89. The number of aliphatic hydroxyl groups excluding tert-OH is 1. The summed E-state index contributed by atoms with van der Waals surface area (Å²) in [6.45, 7) is 6.18. The van der Waals surface area contributed by atoms with Gasteiger partial charge < -0.3 is 15.3 Å². The van der Waals surface area contributed by atoms with Crippen LogP contribution >= 0.6 is 11.6 Å². The highest BCUT2D eigenvalue weighted by atomic mass is 35.5. The van der Waals surface area contributed by atoms with E-state index in [9.17, 15) is 5.11 Å². The van der Waals surface area contributed by atoms with Gasteiger partial charge in [0.25, 0.3) is 0 Å². The normalized spacial score (nSPS) is 19.1. The molecule has 2 N–H and O–H groups in total. The molecule has 0 saturated carbocycles. The molecule has 106 valence electrons. The van der Waals surface area contributed by atoms with Crippen LogP contribution < -0.4 is 10.2 Å². The van der Waals surface area contributed by atoms with Gasteiger partial charge in [-0.15, -0.1) is 0 Å². The molecule has 0 bridgehead atoms. The number of hydrogen-bond donors (Lipinski definition) is 2. The molecular formula is C15H23ClN2O. The molecule has 3 nitrogen and oxygen atoms in total. The van der Waals surface area contributed by atoms with Gasteiger partial charge in [-0.3, -0.25) is 0 Å². The van der Waals surface area contributed by atoms with Crippen LogP contribution in [-0.2, 0) is 6.54 Å². The number of rotatable bonds is 6. The van der Waals surface area contributed by atoms with Crippen molar-refractivity contribution in [2.45, 2.75) is 26.3 Å². The molecule has 1 saturated heterocycles. The summed E-state index contributed by atoms with van der Waals surface area (Å²) in [6, 6.07) is 6.09. The molecule has 1 aliphatic rings. The van der Waals surface area contributed by atoms with Crippen molar-refractivity contribution in [2.24, 2.45) is 5.92 Å². The molecule has 0 aromatic heterocycles. The summed E-state index contributed by atoms with van der Waals surface area (Å²) in [5, 5.41) is 13.5. The van der Waals surface area contributed by atoms with Gasteiger partial charge in [0.05, 0.1) is 0 Å². The zero-order valence-electron chi connectivity index (χ0n) is 11.5. The molecule has 1 atom stereocenters. The van der Waals surface area contributed by atoms with E-state index in [1.54, 1.807) is 0 Å². The molecule has 0 spiro atoms. The highest BCUT2D eigenvalue weighted by Gasteiger charge is 2.24. The summed E-state index contributed by atoms with van der Waals surface area (Å²) in [5.74, 6) is 0.399. The maximum absolute atomic E-state index is 9.26. The first-order valence-electron chi connectivity index (χ1n) is 7.10. The van der Waals surface area contributed by atoms with Crippen LogP contribution in [0.3, 0.4) is 0 Å². The lowest BCUT2D eigenvalue weighted by molar-refractivity contribution is 0.238. The lowest BCUT2D eigenvalue weighted by Gasteiger charge is -2.23. The lowest BCUT2D eigenvalue weighted by Crippen LogP contribution is -2.24. The lowest BCUT2D eigenvalue weighted by atomic mass is 10.1. The van der Waals surface area contributed by atoms with Crippen molar-refractivity contribution >= 4 is 17.3 Å². The Kier molecular flexibility index (Phi) is 5.49. The van der Waals surface area contributed by atoms with Gasteiger partial charge in [0.15, 0.2) is 0 Å². The number of aliphatic hydroxyl groups is 1. The van der Waals surface area contributed by atoms with Crippen molar-refractivity contribution < 1.29 is 5.11 Å². The number of benzene rings is 1. The van der Waals surface area contributed by atoms with Crippen LogP contribution in [-0.4, -0.2) is 31.3 Å². The first-order chi connectivity index (χ1) is 9.26. The monoisotopic (exact) mass is 282 g/mol. The van der Waals surface area contributed by atoms with E-state index in [1.807, 2.05) is 12.1 Å². The predicted molar refractivity (Wildman–Crippen MR) is 80.9 cm³/mol. The van der Waals surface area contributed by atoms with Gasteiger partial charge in [-0.25, -0.2) is 0 Å². The minimum Gasteiger partial charge on any atom is -0.396 e. The number of halogens is 1. The Morgan fingerprint density at radius 2 is 2.32 bits per heavy atom. The summed E-state index contributed by atoms with van der Waals surface area (Å²) < 4.78 is 0. The van der Waals surface area contributed by atoms with Crippen LogP contribution in [0, 0.1) is 5.92 Å². The molecule has 0 radical (unpaired) electrons. The Hall–Kier alpha value is -0.770. The third-order valence-corrected chi connectivity index (χ3v) is 4.06. The second kappa shape index (κ2) is 7.13. The van der Waals surface area contributed by atoms with Gasteiger partial charge in [-0.05, 0) is 31.5 Å². The van der Waals surface area contributed by atoms with E-state index in [0.717, 1.165) is 44.0 Å². The molecule has 2 rings (SSSR count). The molecular weight excluding hydrogens is 260 g/mol. The fraction of sp³-hybridized carbons (Fsp3) is 0.600. The highest BCUT2D eigenvalue weighted by Crippen LogP contribution is 2.31. The molecule has 1 heterocycles. The van der Waals surface area contributed by atoms with Crippen molar-refractivity contribution in [3.63, 3.8) is 0 Å². The molecule has 1 aromatic carbocycles. The van der Waals surface area contributed by atoms with Crippen LogP contribution in [0.15, 0.2) is 18.2 Å². The first-order valence-corrected chi connectivity index (χ1v) is 7.48. The summed E-state index contributed by atoms with van der Waals surface area (Å²) in [5.41, 5.74) is 2.39. The topological polar surface area (TPSA) is 35.5 Å². The Bertz CT molecular complexity index is 411. The number of hydrogen-bond acceptors (Lipinski definition) is 3. The molecule has 1 aliphatic heterocycles. The van der Waals surface area contributed by atoms with Crippen molar-refractivity contribution in [3.05, 3.63) is 28.8 Å². The third-order valence-electron chi connectivity index (χ3n) is 3.71. The molecule has 19 heavy (non-hydrogen) atoms. The Morgan fingerprint density at radius 3 is 3.00 bits per heavy atom. The molecule has 1 fully saturated rings. The van der Waals surface area contributed by atoms with Gasteiger partial charge in [0.1, 0.15) is 0 Å². The maximum atomic E-state index is 9.26. The Balaban J connectivity index is 2.13. The fourth-order valence-electron chi connectivity index (χ4n) is 2.61. The molecule has 0 aliphatic carbocycles. The van der Waals surface area contributed by atoms with Crippen LogP contribution in [0.1, 0.15) is 25.3 Å². The Morgan fingerprint density at radius 1 is 1.47 bits per heavy atom. The maximum Gasteiger partial charge on any atom is 0.0476 e. The standard InChI is InChI=1S/C15H23ClN2O/c1-2-7-17-9-13-14(16)4-3-5-15(13)18-8-6-12(10-18)11-19/h3-5,12,17,19H,2,6-11H2,1H3. The molecule has 1 unspecified atom stereocenters. The molecule has 0 amide bonds.